The van der Waals surface area contributed by atoms with Crippen molar-refractivity contribution >= 4 is 60.7 Å². The van der Waals surface area contributed by atoms with Gasteiger partial charge in [0, 0.05) is 61.1 Å². The molecule has 0 fully saturated rings. The number of aromatic nitrogens is 2. The minimum Gasteiger partial charge on any atom is -0.311 e. The molecule has 0 aliphatic carbocycles. The SMILES string of the molecule is c1ccc(-c2ccc(N(c3ccccc3)c3ccc(-c4c(-c5ccccc5)c5c6ccccc6n(-c6ccccc6)c5c5c4c4ccccc4n5-c4ccccc4)cc3)cc2)cc1. The van der Waals surface area contributed by atoms with E-state index in [1.165, 1.54) is 71.4 Å². The Kier molecular flexibility index (Phi) is 8.83. The lowest BCUT2D eigenvalue weighted by Gasteiger charge is -2.26. The van der Waals surface area contributed by atoms with Crippen LogP contribution >= 0.6 is 0 Å². The first-order valence-corrected chi connectivity index (χ1v) is 21.6. The third-order valence-corrected chi connectivity index (χ3v) is 12.5. The van der Waals surface area contributed by atoms with Crippen LogP contribution in [0.25, 0.3) is 88.4 Å². The van der Waals surface area contributed by atoms with Gasteiger partial charge < -0.3 is 14.0 Å². The topological polar surface area (TPSA) is 13.1 Å². The van der Waals surface area contributed by atoms with Crippen molar-refractivity contribution in [2.75, 3.05) is 4.90 Å². The summed E-state index contributed by atoms with van der Waals surface area (Å²) in [5.41, 5.74) is 17.4. The van der Waals surface area contributed by atoms with Crippen molar-refractivity contribution in [3.05, 3.63) is 249 Å². The zero-order valence-electron chi connectivity index (χ0n) is 34.5. The summed E-state index contributed by atoms with van der Waals surface area (Å²) in [4.78, 5) is 2.35. The van der Waals surface area contributed by atoms with Crippen molar-refractivity contribution in [2.24, 2.45) is 0 Å². The predicted octanol–water partition coefficient (Wildman–Crippen LogP) is 16.4. The van der Waals surface area contributed by atoms with Gasteiger partial charge in [-0.3, -0.25) is 0 Å². The quantitative estimate of drug-likeness (QED) is 0.149. The first kappa shape index (κ1) is 36.5. The molecular formula is C60H41N3. The van der Waals surface area contributed by atoms with Crippen LogP contribution < -0.4 is 4.90 Å². The molecule has 12 rings (SSSR count). The van der Waals surface area contributed by atoms with Gasteiger partial charge in [0.1, 0.15) is 0 Å². The van der Waals surface area contributed by atoms with Crippen LogP contribution in [0.3, 0.4) is 0 Å². The summed E-state index contributed by atoms with van der Waals surface area (Å²) in [6, 6.07) is 90.0. The van der Waals surface area contributed by atoms with Crippen LogP contribution in [-0.4, -0.2) is 9.13 Å². The van der Waals surface area contributed by atoms with E-state index in [1.54, 1.807) is 0 Å². The van der Waals surface area contributed by atoms with Gasteiger partial charge in [0.2, 0.25) is 0 Å². The van der Waals surface area contributed by atoms with E-state index in [-0.39, 0.29) is 0 Å². The van der Waals surface area contributed by atoms with E-state index in [1.807, 2.05) is 0 Å². The molecular weight excluding hydrogens is 763 g/mol. The molecule has 296 valence electrons. The maximum atomic E-state index is 2.49. The Morgan fingerprint density at radius 2 is 0.571 bits per heavy atom. The van der Waals surface area contributed by atoms with Crippen molar-refractivity contribution in [1.82, 2.24) is 9.13 Å². The van der Waals surface area contributed by atoms with Gasteiger partial charge in [-0.1, -0.05) is 176 Å². The second-order valence-corrected chi connectivity index (χ2v) is 16.1. The van der Waals surface area contributed by atoms with E-state index in [0.717, 1.165) is 34.0 Å². The highest BCUT2D eigenvalue weighted by atomic mass is 15.1. The third-order valence-electron chi connectivity index (χ3n) is 12.5. The molecule has 0 radical (unpaired) electrons. The van der Waals surface area contributed by atoms with Gasteiger partial charge in [-0.05, 0) is 95.1 Å². The largest absolute Gasteiger partial charge is 0.311 e. The molecule has 0 atom stereocenters. The Hall–Kier alpha value is -8.40. The van der Waals surface area contributed by atoms with Crippen LogP contribution in [0.1, 0.15) is 0 Å². The number of hydrogen-bond acceptors (Lipinski definition) is 1. The fraction of sp³-hybridized carbons (Fsp3) is 0. The van der Waals surface area contributed by atoms with Gasteiger partial charge in [-0.25, -0.2) is 0 Å². The Morgan fingerprint density at radius 1 is 0.254 bits per heavy atom. The van der Waals surface area contributed by atoms with E-state index >= 15 is 0 Å². The summed E-state index contributed by atoms with van der Waals surface area (Å²) in [7, 11) is 0. The van der Waals surface area contributed by atoms with Gasteiger partial charge >= 0.3 is 0 Å². The van der Waals surface area contributed by atoms with Crippen molar-refractivity contribution in [2.45, 2.75) is 0 Å². The first-order valence-electron chi connectivity index (χ1n) is 21.6. The fourth-order valence-electron chi connectivity index (χ4n) is 9.79. The lowest BCUT2D eigenvalue weighted by molar-refractivity contribution is 1.15. The first-order chi connectivity index (χ1) is 31.3. The molecule has 2 heterocycles. The van der Waals surface area contributed by atoms with Gasteiger partial charge in [-0.2, -0.15) is 0 Å². The lowest BCUT2D eigenvalue weighted by atomic mass is 9.87. The van der Waals surface area contributed by atoms with E-state index in [4.69, 9.17) is 0 Å². The summed E-state index contributed by atoms with van der Waals surface area (Å²) in [6.07, 6.45) is 0. The summed E-state index contributed by atoms with van der Waals surface area (Å²) < 4.78 is 4.99. The van der Waals surface area contributed by atoms with E-state index in [9.17, 15) is 0 Å². The zero-order chi connectivity index (χ0) is 41.7. The van der Waals surface area contributed by atoms with Gasteiger partial charge in [0.25, 0.3) is 0 Å². The van der Waals surface area contributed by atoms with Crippen molar-refractivity contribution in [3.8, 4) is 44.8 Å². The van der Waals surface area contributed by atoms with E-state index < -0.39 is 0 Å². The smallest absolute Gasteiger partial charge is 0.0795 e. The molecule has 63 heavy (non-hydrogen) atoms. The minimum absolute atomic E-state index is 1.09. The van der Waals surface area contributed by atoms with Crippen LogP contribution in [0.2, 0.25) is 0 Å². The third kappa shape index (κ3) is 6.05. The maximum absolute atomic E-state index is 2.49. The standard InChI is InChI=1S/C60H41N3/c1-6-20-42(21-7-1)43-34-38-49(39-35-43)61(46-24-10-3-11-25-46)50-40-36-45(37-41-50)56-55(44-22-8-2-9-23-44)57-51-30-16-18-32-53(51)62(47-26-12-4-13-27-47)59(57)60-58(56)52-31-17-19-33-54(52)63(60)48-28-14-5-15-29-48/h1-41H. The van der Waals surface area contributed by atoms with Crippen LogP contribution in [0.4, 0.5) is 17.1 Å². The van der Waals surface area contributed by atoms with Crippen LogP contribution in [0.5, 0.6) is 0 Å². The van der Waals surface area contributed by atoms with Crippen LogP contribution in [-0.2, 0) is 0 Å². The Morgan fingerprint density at radius 3 is 1.03 bits per heavy atom. The van der Waals surface area contributed by atoms with E-state index in [2.05, 4.69) is 263 Å². The molecule has 12 aromatic rings. The molecule has 0 saturated carbocycles. The molecule has 2 aromatic heterocycles. The second kappa shape index (κ2) is 15.3. The molecule has 3 nitrogen and oxygen atoms in total. The zero-order valence-corrected chi connectivity index (χ0v) is 34.5. The minimum atomic E-state index is 1.09. The summed E-state index contributed by atoms with van der Waals surface area (Å²) in [6.45, 7) is 0. The molecule has 0 aliphatic rings. The lowest BCUT2D eigenvalue weighted by Crippen LogP contribution is -2.09. The molecule has 3 heteroatoms. The van der Waals surface area contributed by atoms with Gasteiger partial charge in [0.15, 0.2) is 0 Å². The second-order valence-electron chi connectivity index (χ2n) is 16.1. The van der Waals surface area contributed by atoms with Crippen LogP contribution in [0.15, 0.2) is 249 Å². The Balaban J connectivity index is 1.18. The number of nitrogens with zero attached hydrogens (tertiary/aromatic N) is 3. The van der Waals surface area contributed by atoms with Crippen LogP contribution in [0, 0.1) is 0 Å². The molecule has 0 unspecified atom stereocenters. The Labute approximate surface area is 366 Å². The summed E-state index contributed by atoms with van der Waals surface area (Å²) >= 11 is 0. The molecule has 10 aromatic carbocycles. The monoisotopic (exact) mass is 803 g/mol. The molecule has 0 saturated heterocycles. The van der Waals surface area contributed by atoms with Crippen molar-refractivity contribution in [1.29, 1.82) is 0 Å². The van der Waals surface area contributed by atoms with Crippen molar-refractivity contribution < 1.29 is 0 Å². The normalized spacial score (nSPS) is 11.5. The molecule has 0 spiro atoms. The fourth-order valence-corrected chi connectivity index (χ4v) is 9.79. The average molecular weight is 804 g/mol. The number of anilines is 3. The summed E-state index contributed by atoms with van der Waals surface area (Å²) in [5, 5.41) is 4.89. The Bertz CT molecular complexity index is 3560. The molecule has 0 bridgehead atoms. The van der Waals surface area contributed by atoms with E-state index in [0.29, 0.717) is 0 Å². The predicted molar refractivity (Wildman–Crippen MR) is 266 cm³/mol. The highest BCUT2D eigenvalue weighted by Gasteiger charge is 2.29. The number of para-hydroxylation sites is 5. The highest BCUT2D eigenvalue weighted by Crippen LogP contribution is 2.52. The number of hydrogen-bond donors (Lipinski definition) is 0. The number of benzene rings is 10. The summed E-state index contributed by atoms with van der Waals surface area (Å²) in [5.74, 6) is 0. The highest BCUT2D eigenvalue weighted by molar-refractivity contribution is 6.33. The van der Waals surface area contributed by atoms with Gasteiger partial charge in [0.05, 0.1) is 22.1 Å². The molecule has 0 aliphatic heterocycles. The maximum Gasteiger partial charge on any atom is 0.0795 e. The molecule has 0 amide bonds. The number of fused-ring (bicyclic) bond motifs is 7. The average Bonchev–Trinajstić information content (AvgIpc) is 3.89. The molecule has 0 N–H and O–H groups in total. The van der Waals surface area contributed by atoms with Crippen molar-refractivity contribution in [3.63, 3.8) is 0 Å². The number of rotatable bonds is 8. The van der Waals surface area contributed by atoms with Gasteiger partial charge in [-0.15, -0.1) is 0 Å².